The summed E-state index contributed by atoms with van der Waals surface area (Å²) < 4.78 is 16.3. The maximum absolute atomic E-state index is 5.48. The predicted molar refractivity (Wildman–Crippen MR) is 43.8 cm³/mol. The quantitative estimate of drug-likeness (QED) is 0.594. The summed E-state index contributed by atoms with van der Waals surface area (Å²) in [7, 11) is 0. The number of ether oxygens (including phenoxy) is 2. The van der Waals surface area contributed by atoms with Crippen LogP contribution >= 0.6 is 0 Å². The molecular formula is C9H12O3. The highest BCUT2D eigenvalue weighted by Crippen LogP contribution is 2.38. The first-order valence-electron chi connectivity index (χ1n) is 4.14. The van der Waals surface area contributed by atoms with E-state index in [1.807, 2.05) is 13.8 Å². The fraction of sp³-hybridized carbons (Fsp3) is 0.556. The van der Waals surface area contributed by atoms with Gasteiger partial charge in [0.2, 0.25) is 11.5 Å². The molecule has 0 saturated carbocycles. The van der Waals surface area contributed by atoms with Crippen molar-refractivity contribution < 1.29 is 13.9 Å². The van der Waals surface area contributed by atoms with Crippen LogP contribution in [0.4, 0.5) is 0 Å². The second-order valence-electron chi connectivity index (χ2n) is 2.92. The van der Waals surface area contributed by atoms with Crippen LogP contribution in [0.3, 0.4) is 0 Å². The Bertz CT molecular complexity index is 262. The average Bonchev–Trinajstić information content (AvgIpc) is 2.29. The van der Waals surface area contributed by atoms with E-state index in [0.29, 0.717) is 13.2 Å². The summed E-state index contributed by atoms with van der Waals surface area (Å²) in [4.78, 5) is 0. The van der Waals surface area contributed by atoms with Crippen molar-refractivity contribution in [2.45, 2.75) is 20.3 Å². The summed E-state index contributed by atoms with van der Waals surface area (Å²) in [6, 6.07) is 0. The van der Waals surface area contributed by atoms with Crippen LogP contribution < -0.4 is 9.47 Å². The van der Waals surface area contributed by atoms with E-state index < -0.39 is 0 Å². The van der Waals surface area contributed by atoms with Gasteiger partial charge in [0.25, 0.3) is 0 Å². The normalized spacial score (nSPS) is 15.8. The number of hydrogen-bond donors (Lipinski definition) is 0. The Balaban J connectivity index is 2.44. The van der Waals surface area contributed by atoms with Crippen molar-refractivity contribution in [3.05, 3.63) is 11.5 Å². The number of fused-ring (bicyclic) bond motifs is 1. The standard InChI is InChI=1S/C9H12O3/c1-6-8-9(7(2)12-6)11-5-3-4-10-8/h3-5H2,1-2H3. The Morgan fingerprint density at radius 2 is 1.42 bits per heavy atom. The molecule has 2 rings (SSSR count). The van der Waals surface area contributed by atoms with E-state index in [2.05, 4.69) is 0 Å². The number of furan rings is 1. The molecule has 0 amide bonds. The summed E-state index contributed by atoms with van der Waals surface area (Å²) in [5.74, 6) is 3.18. The summed E-state index contributed by atoms with van der Waals surface area (Å²) >= 11 is 0. The van der Waals surface area contributed by atoms with Crippen molar-refractivity contribution in [1.29, 1.82) is 0 Å². The summed E-state index contributed by atoms with van der Waals surface area (Å²) in [6.07, 6.45) is 0.938. The van der Waals surface area contributed by atoms with Gasteiger partial charge >= 0.3 is 0 Å². The van der Waals surface area contributed by atoms with Gasteiger partial charge in [-0.15, -0.1) is 0 Å². The fourth-order valence-corrected chi connectivity index (χ4v) is 1.38. The van der Waals surface area contributed by atoms with Gasteiger partial charge in [0, 0.05) is 6.42 Å². The zero-order valence-corrected chi connectivity index (χ0v) is 7.35. The van der Waals surface area contributed by atoms with E-state index in [0.717, 1.165) is 29.4 Å². The van der Waals surface area contributed by atoms with E-state index in [4.69, 9.17) is 13.9 Å². The Labute approximate surface area is 71.3 Å². The lowest BCUT2D eigenvalue weighted by Gasteiger charge is -1.99. The molecule has 1 aliphatic heterocycles. The van der Waals surface area contributed by atoms with Gasteiger partial charge in [-0.05, 0) is 13.8 Å². The third-order valence-corrected chi connectivity index (χ3v) is 1.93. The molecule has 0 spiro atoms. The Kier molecular flexibility index (Phi) is 1.71. The van der Waals surface area contributed by atoms with Crippen LogP contribution in [-0.2, 0) is 0 Å². The minimum atomic E-state index is 0.715. The van der Waals surface area contributed by atoms with E-state index in [1.54, 1.807) is 0 Å². The first-order valence-corrected chi connectivity index (χ1v) is 4.14. The molecule has 2 heterocycles. The molecular weight excluding hydrogens is 156 g/mol. The van der Waals surface area contributed by atoms with E-state index >= 15 is 0 Å². The van der Waals surface area contributed by atoms with E-state index in [9.17, 15) is 0 Å². The minimum Gasteiger partial charge on any atom is -0.486 e. The molecule has 1 aromatic heterocycles. The Morgan fingerprint density at radius 1 is 0.917 bits per heavy atom. The van der Waals surface area contributed by atoms with Crippen molar-refractivity contribution >= 4 is 0 Å². The SMILES string of the molecule is Cc1oc(C)c2c1OCCCO2. The van der Waals surface area contributed by atoms with Crippen LogP contribution in [0.15, 0.2) is 4.42 Å². The van der Waals surface area contributed by atoms with E-state index in [1.165, 1.54) is 0 Å². The monoisotopic (exact) mass is 168 g/mol. The smallest absolute Gasteiger partial charge is 0.203 e. The molecule has 0 saturated heterocycles. The lowest BCUT2D eigenvalue weighted by molar-refractivity contribution is 0.282. The zero-order valence-electron chi connectivity index (χ0n) is 7.35. The van der Waals surface area contributed by atoms with Crippen LogP contribution in [0.25, 0.3) is 0 Å². The molecule has 1 aliphatic rings. The maximum atomic E-state index is 5.48. The van der Waals surface area contributed by atoms with Gasteiger partial charge in [-0.3, -0.25) is 0 Å². The molecule has 0 radical (unpaired) electrons. The molecule has 0 aliphatic carbocycles. The number of aryl methyl sites for hydroxylation is 2. The largest absolute Gasteiger partial charge is 0.486 e. The molecule has 0 N–H and O–H groups in total. The molecule has 1 aromatic rings. The summed E-state index contributed by atoms with van der Waals surface area (Å²) in [5.41, 5.74) is 0. The molecule has 0 atom stereocenters. The molecule has 66 valence electrons. The van der Waals surface area contributed by atoms with Gasteiger partial charge < -0.3 is 13.9 Å². The third-order valence-electron chi connectivity index (χ3n) is 1.93. The van der Waals surface area contributed by atoms with Crippen molar-refractivity contribution in [2.24, 2.45) is 0 Å². The first kappa shape index (κ1) is 7.53. The minimum absolute atomic E-state index is 0.715. The van der Waals surface area contributed by atoms with Crippen molar-refractivity contribution in [1.82, 2.24) is 0 Å². The van der Waals surface area contributed by atoms with Crippen molar-refractivity contribution in [3.8, 4) is 11.5 Å². The van der Waals surface area contributed by atoms with Gasteiger partial charge in [0.1, 0.15) is 11.5 Å². The molecule has 0 unspecified atom stereocenters. The first-order chi connectivity index (χ1) is 5.79. The van der Waals surface area contributed by atoms with Crippen LogP contribution in [-0.4, -0.2) is 13.2 Å². The predicted octanol–water partition coefficient (Wildman–Crippen LogP) is 2.06. The molecule has 3 nitrogen and oxygen atoms in total. The van der Waals surface area contributed by atoms with Gasteiger partial charge in [0.15, 0.2) is 0 Å². The van der Waals surface area contributed by atoms with Gasteiger partial charge in [-0.2, -0.15) is 0 Å². The van der Waals surface area contributed by atoms with Gasteiger partial charge in [-0.1, -0.05) is 0 Å². The lowest BCUT2D eigenvalue weighted by atomic mass is 10.4. The highest BCUT2D eigenvalue weighted by molar-refractivity contribution is 5.45. The second-order valence-corrected chi connectivity index (χ2v) is 2.92. The fourth-order valence-electron chi connectivity index (χ4n) is 1.38. The lowest BCUT2D eigenvalue weighted by Crippen LogP contribution is -1.98. The highest BCUT2D eigenvalue weighted by Gasteiger charge is 2.19. The molecule has 3 heteroatoms. The summed E-state index contributed by atoms with van der Waals surface area (Å²) in [6.45, 7) is 5.21. The van der Waals surface area contributed by atoms with Crippen LogP contribution in [0.5, 0.6) is 11.5 Å². The van der Waals surface area contributed by atoms with E-state index in [-0.39, 0.29) is 0 Å². The van der Waals surface area contributed by atoms with Crippen LogP contribution in [0, 0.1) is 13.8 Å². The van der Waals surface area contributed by atoms with Gasteiger partial charge in [0.05, 0.1) is 13.2 Å². The Hall–Kier alpha value is -1.12. The van der Waals surface area contributed by atoms with Crippen LogP contribution in [0.1, 0.15) is 17.9 Å². The highest BCUT2D eigenvalue weighted by atomic mass is 16.5. The van der Waals surface area contributed by atoms with Crippen LogP contribution in [0.2, 0.25) is 0 Å². The third kappa shape index (κ3) is 1.05. The molecule has 12 heavy (non-hydrogen) atoms. The molecule has 0 bridgehead atoms. The van der Waals surface area contributed by atoms with Crippen molar-refractivity contribution in [3.63, 3.8) is 0 Å². The van der Waals surface area contributed by atoms with Gasteiger partial charge in [-0.25, -0.2) is 0 Å². The second kappa shape index (κ2) is 2.73. The topological polar surface area (TPSA) is 31.6 Å². The number of hydrogen-bond acceptors (Lipinski definition) is 3. The molecule has 0 fully saturated rings. The number of rotatable bonds is 0. The van der Waals surface area contributed by atoms with Crippen molar-refractivity contribution in [2.75, 3.05) is 13.2 Å². The summed E-state index contributed by atoms with van der Waals surface area (Å²) in [5, 5.41) is 0. The zero-order chi connectivity index (χ0) is 8.55. The maximum Gasteiger partial charge on any atom is 0.203 e. The average molecular weight is 168 g/mol. The Morgan fingerprint density at radius 3 is 1.92 bits per heavy atom. The molecule has 0 aromatic carbocycles.